The number of carbonyl (C=O) groups is 1. The van der Waals surface area contributed by atoms with Crippen molar-refractivity contribution >= 4 is 5.91 Å². The Morgan fingerprint density at radius 2 is 2.13 bits per heavy atom. The Morgan fingerprint density at radius 3 is 2.78 bits per heavy atom. The van der Waals surface area contributed by atoms with Crippen molar-refractivity contribution < 1.29 is 22.7 Å². The predicted molar refractivity (Wildman–Crippen MR) is 78.4 cm³/mol. The molecule has 1 atom stereocenters. The van der Waals surface area contributed by atoms with Crippen LogP contribution < -0.4 is 10.1 Å². The fourth-order valence-corrected chi connectivity index (χ4v) is 2.48. The lowest BCUT2D eigenvalue weighted by Gasteiger charge is -2.24. The maximum Gasteiger partial charge on any atom is 0.422 e. The van der Waals surface area contributed by atoms with Crippen LogP contribution in [0.15, 0.2) is 18.3 Å². The summed E-state index contributed by atoms with van der Waals surface area (Å²) in [5, 5.41) is 2.73. The van der Waals surface area contributed by atoms with Gasteiger partial charge in [-0.25, -0.2) is 4.98 Å². The Morgan fingerprint density at radius 1 is 1.43 bits per heavy atom. The zero-order valence-electron chi connectivity index (χ0n) is 12.9. The number of alkyl halides is 3. The Hall–Kier alpha value is -1.83. The molecule has 0 unspecified atom stereocenters. The highest BCUT2D eigenvalue weighted by Gasteiger charge is 2.29. The van der Waals surface area contributed by atoms with Gasteiger partial charge in [-0.3, -0.25) is 9.69 Å². The molecule has 0 aromatic carbocycles. The van der Waals surface area contributed by atoms with E-state index < -0.39 is 18.7 Å². The lowest BCUT2D eigenvalue weighted by molar-refractivity contribution is -0.154. The number of aromatic nitrogens is 1. The summed E-state index contributed by atoms with van der Waals surface area (Å²) in [7, 11) is 0. The molecule has 1 aliphatic heterocycles. The van der Waals surface area contributed by atoms with Gasteiger partial charge in [0.1, 0.15) is 5.56 Å². The predicted octanol–water partition coefficient (Wildman–Crippen LogP) is 2.24. The summed E-state index contributed by atoms with van der Waals surface area (Å²) in [6, 6.07) is 3.06. The summed E-state index contributed by atoms with van der Waals surface area (Å²) < 4.78 is 41.3. The average molecular weight is 331 g/mol. The van der Waals surface area contributed by atoms with Gasteiger partial charge in [0.05, 0.1) is 0 Å². The Kier molecular flexibility index (Phi) is 5.81. The molecule has 1 saturated heterocycles. The topological polar surface area (TPSA) is 54.5 Å². The van der Waals surface area contributed by atoms with Crippen LogP contribution in [0, 0.1) is 0 Å². The van der Waals surface area contributed by atoms with Crippen LogP contribution in [-0.2, 0) is 0 Å². The van der Waals surface area contributed by atoms with Crippen LogP contribution in [0.1, 0.15) is 30.1 Å². The van der Waals surface area contributed by atoms with Crippen LogP contribution in [-0.4, -0.2) is 54.3 Å². The third-order valence-electron chi connectivity index (χ3n) is 3.71. The molecule has 1 amide bonds. The SMILES string of the molecule is C[C@@H](CNC(=O)c1cccnc1OCC(F)(F)F)N1CCCC1. The third kappa shape index (κ3) is 5.38. The van der Waals surface area contributed by atoms with Crippen molar-refractivity contribution in [3.8, 4) is 5.88 Å². The number of nitrogens with one attached hydrogen (secondary N) is 1. The average Bonchev–Trinajstić information content (AvgIpc) is 3.04. The summed E-state index contributed by atoms with van der Waals surface area (Å²) in [5.74, 6) is -0.794. The number of rotatable bonds is 6. The van der Waals surface area contributed by atoms with Crippen LogP contribution in [0.4, 0.5) is 13.2 Å². The number of hydrogen-bond acceptors (Lipinski definition) is 4. The molecule has 1 fully saturated rings. The van der Waals surface area contributed by atoms with Gasteiger partial charge in [0.25, 0.3) is 5.91 Å². The maximum absolute atomic E-state index is 12.2. The van der Waals surface area contributed by atoms with Crippen molar-refractivity contribution in [1.29, 1.82) is 0 Å². The van der Waals surface area contributed by atoms with E-state index in [2.05, 4.69) is 19.9 Å². The highest BCUT2D eigenvalue weighted by molar-refractivity contribution is 5.96. The quantitative estimate of drug-likeness (QED) is 0.869. The molecule has 1 aromatic heterocycles. The Bertz CT molecular complexity index is 531. The largest absolute Gasteiger partial charge is 0.467 e. The normalized spacial score (nSPS) is 17.0. The molecule has 0 bridgehead atoms. The fourth-order valence-electron chi connectivity index (χ4n) is 2.48. The zero-order valence-corrected chi connectivity index (χ0v) is 12.9. The maximum atomic E-state index is 12.2. The van der Waals surface area contributed by atoms with Gasteiger partial charge in [0, 0.05) is 18.8 Å². The van der Waals surface area contributed by atoms with E-state index in [0.29, 0.717) is 6.54 Å². The van der Waals surface area contributed by atoms with Gasteiger partial charge in [-0.15, -0.1) is 0 Å². The molecule has 1 aromatic rings. The molecule has 128 valence electrons. The van der Waals surface area contributed by atoms with Gasteiger partial charge in [-0.2, -0.15) is 13.2 Å². The molecular weight excluding hydrogens is 311 g/mol. The first kappa shape index (κ1) is 17.5. The molecule has 0 spiro atoms. The molecule has 8 heteroatoms. The number of carbonyl (C=O) groups excluding carboxylic acids is 1. The molecule has 1 aliphatic rings. The molecule has 1 N–H and O–H groups in total. The van der Waals surface area contributed by atoms with Crippen LogP contribution in [0.5, 0.6) is 5.88 Å². The van der Waals surface area contributed by atoms with Crippen LogP contribution in [0.3, 0.4) is 0 Å². The van der Waals surface area contributed by atoms with Gasteiger partial charge >= 0.3 is 6.18 Å². The fraction of sp³-hybridized carbons (Fsp3) is 0.600. The van der Waals surface area contributed by atoms with Gasteiger partial charge in [-0.05, 0) is 45.0 Å². The number of hydrogen-bond donors (Lipinski definition) is 1. The van der Waals surface area contributed by atoms with E-state index in [9.17, 15) is 18.0 Å². The van der Waals surface area contributed by atoms with E-state index in [4.69, 9.17) is 0 Å². The standard InChI is InChI=1S/C15H20F3N3O2/c1-11(21-7-2-3-8-21)9-20-13(22)12-5-4-6-19-14(12)23-10-15(16,17)18/h4-6,11H,2-3,7-10H2,1H3,(H,20,22)/t11-/m0/s1. The van der Waals surface area contributed by atoms with Crippen LogP contribution in [0.2, 0.25) is 0 Å². The second kappa shape index (κ2) is 7.63. The van der Waals surface area contributed by atoms with E-state index in [1.165, 1.54) is 18.3 Å². The van der Waals surface area contributed by atoms with E-state index >= 15 is 0 Å². The summed E-state index contributed by atoms with van der Waals surface area (Å²) in [4.78, 5) is 18.2. The smallest absolute Gasteiger partial charge is 0.422 e. The van der Waals surface area contributed by atoms with E-state index in [1.807, 2.05) is 6.92 Å². The lowest BCUT2D eigenvalue weighted by Crippen LogP contribution is -2.40. The monoisotopic (exact) mass is 331 g/mol. The minimum atomic E-state index is -4.48. The molecule has 0 saturated carbocycles. The van der Waals surface area contributed by atoms with E-state index in [-0.39, 0.29) is 17.5 Å². The van der Waals surface area contributed by atoms with Gasteiger partial charge in [0.15, 0.2) is 6.61 Å². The minimum Gasteiger partial charge on any atom is -0.467 e. The van der Waals surface area contributed by atoms with E-state index in [1.54, 1.807) is 0 Å². The number of amides is 1. The second-order valence-corrected chi connectivity index (χ2v) is 5.56. The second-order valence-electron chi connectivity index (χ2n) is 5.56. The van der Waals surface area contributed by atoms with Crippen molar-refractivity contribution in [2.45, 2.75) is 32.0 Å². The molecule has 2 heterocycles. The molecule has 2 rings (SSSR count). The summed E-state index contributed by atoms with van der Waals surface area (Å²) in [5.41, 5.74) is 0.00497. The molecule has 23 heavy (non-hydrogen) atoms. The highest BCUT2D eigenvalue weighted by atomic mass is 19.4. The Balaban J connectivity index is 1.93. The molecule has 0 aliphatic carbocycles. The van der Waals surface area contributed by atoms with E-state index in [0.717, 1.165) is 25.9 Å². The third-order valence-corrected chi connectivity index (χ3v) is 3.71. The Labute approximate surface area is 132 Å². The van der Waals surface area contributed by atoms with Crippen molar-refractivity contribution in [3.63, 3.8) is 0 Å². The number of ether oxygens (including phenoxy) is 1. The first-order valence-electron chi connectivity index (χ1n) is 7.53. The molecule has 0 radical (unpaired) electrons. The van der Waals surface area contributed by atoms with Crippen LogP contribution in [0.25, 0.3) is 0 Å². The number of likely N-dealkylation sites (tertiary alicyclic amines) is 1. The van der Waals surface area contributed by atoms with Crippen molar-refractivity contribution in [2.24, 2.45) is 0 Å². The summed E-state index contributed by atoms with van der Waals surface area (Å²) >= 11 is 0. The van der Waals surface area contributed by atoms with Gasteiger partial charge in [-0.1, -0.05) is 0 Å². The summed E-state index contributed by atoms with van der Waals surface area (Å²) in [6.07, 6.45) is -0.891. The lowest BCUT2D eigenvalue weighted by atomic mass is 10.2. The number of halogens is 3. The molecule has 5 nitrogen and oxygen atoms in total. The van der Waals surface area contributed by atoms with Crippen molar-refractivity contribution in [3.05, 3.63) is 23.9 Å². The number of pyridine rings is 1. The first-order valence-corrected chi connectivity index (χ1v) is 7.53. The van der Waals surface area contributed by atoms with Crippen molar-refractivity contribution in [1.82, 2.24) is 15.2 Å². The highest BCUT2D eigenvalue weighted by Crippen LogP contribution is 2.20. The van der Waals surface area contributed by atoms with Crippen LogP contribution >= 0.6 is 0 Å². The zero-order chi connectivity index (χ0) is 16.9. The molecular formula is C15H20F3N3O2. The van der Waals surface area contributed by atoms with Gasteiger partial charge in [0.2, 0.25) is 5.88 Å². The minimum absolute atomic E-state index is 0.00497. The first-order chi connectivity index (χ1) is 10.9. The van der Waals surface area contributed by atoms with Gasteiger partial charge < -0.3 is 10.1 Å². The summed E-state index contributed by atoms with van der Waals surface area (Å²) in [6.45, 7) is 2.96. The number of nitrogens with zero attached hydrogens (tertiary/aromatic N) is 2. The van der Waals surface area contributed by atoms with Crippen molar-refractivity contribution in [2.75, 3.05) is 26.2 Å².